The summed E-state index contributed by atoms with van der Waals surface area (Å²) < 4.78 is 7.68. The van der Waals surface area contributed by atoms with Crippen LogP contribution in [-0.4, -0.2) is 60.5 Å². The SMILES string of the molecule is CCNC(=NCC(C)Cn1cccn1)N(C)CCOCC1CC1.I. The Balaban J connectivity index is 0.00000288. The molecule has 0 saturated heterocycles. The highest BCUT2D eigenvalue weighted by Crippen LogP contribution is 2.28. The Labute approximate surface area is 163 Å². The lowest BCUT2D eigenvalue weighted by molar-refractivity contribution is 0.115. The first kappa shape index (κ1) is 21.2. The lowest BCUT2D eigenvalue weighted by Gasteiger charge is -2.22. The Hall–Kier alpha value is -0.830. The fraction of sp³-hybridized carbons (Fsp3) is 0.765. The number of aromatic nitrogens is 2. The molecule has 1 saturated carbocycles. The van der Waals surface area contributed by atoms with E-state index >= 15 is 0 Å². The molecule has 1 N–H and O–H groups in total. The van der Waals surface area contributed by atoms with Crippen LogP contribution < -0.4 is 5.32 Å². The van der Waals surface area contributed by atoms with Gasteiger partial charge < -0.3 is 15.0 Å². The molecule has 0 amide bonds. The van der Waals surface area contributed by atoms with Gasteiger partial charge in [-0.3, -0.25) is 9.67 Å². The molecule has 0 spiro atoms. The zero-order chi connectivity index (χ0) is 16.5. The van der Waals surface area contributed by atoms with Crippen molar-refractivity contribution in [3.05, 3.63) is 18.5 Å². The summed E-state index contributed by atoms with van der Waals surface area (Å²) in [5, 5.41) is 7.61. The first-order valence-corrected chi connectivity index (χ1v) is 8.73. The molecule has 7 heteroatoms. The molecule has 138 valence electrons. The topological polar surface area (TPSA) is 54.7 Å². The summed E-state index contributed by atoms with van der Waals surface area (Å²) in [7, 11) is 2.07. The van der Waals surface area contributed by atoms with Crippen molar-refractivity contribution in [3.8, 4) is 0 Å². The molecule has 0 bridgehead atoms. The second-order valence-corrected chi connectivity index (χ2v) is 6.47. The van der Waals surface area contributed by atoms with Gasteiger partial charge >= 0.3 is 0 Å². The number of guanidine groups is 1. The van der Waals surface area contributed by atoms with Gasteiger partial charge in [0.15, 0.2) is 5.96 Å². The number of nitrogens with zero attached hydrogens (tertiary/aromatic N) is 4. The second-order valence-electron chi connectivity index (χ2n) is 6.47. The van der Waals surface area contributed by atoms with E-state index in [1.165, 1.54) is 12.8 Å². The molecule has 0 aliphatic heterocycles. The van der Waals surface area contributed by atoms with Crippen molar-refractivity contribution in [1.82, 2.24) is 20.0 Å². The highest BCUT2D eigenvalue weighted by Gasteiger charge is 2.21. The Morgan fingerprint density at radius 3 is 2.92 bits per heavy atom. The average molecular weight is 449 g/mol. The van der Waals surface area contributed by atoms with E-state index in [1.54, 1.807) is 0 Å². The summed E-state index contributed by atoms with van der Waals surface area (Å²) in [4.78, 5) is 6.90. The molecule has 1 aromatic rings. The van der Waals surface area contributed by atoms with E-state index in [-0.39, 0.29) is 24.0 Å². The molecule has 24 heavy (non-hydrogen) atoms. The van der Waals surface area contributed by atoms with E-state index < -0.39 is 0 Å². The summed E-state index contributed by atoms with van der Waals surface area (Å²) in [5.74, 6) is 2.23. The zero-order valence-electron chi connectivity index (χ0n) is 15.1. The molecule has 6 nitrogen and oxygen atoms in total. The van der Waals surface area contributed by atoms with Gasteiger partial charge in [-0.05, 0) is 37.7 Å². The van der Waals surface area contributed by atoms with Crippen molar-refractivity contribution in [2.75, 3.05) is 39.9 Å². The molecule has 2 rings (SSSR count). The normalized spacial score (nSPS) is 15.7. The Morgan fingerprint density at radius 2 is 2.29 bits per heavy atom. The van der Waals surface area contributed by atoms with Crippen LogP contribution in [-0.2, 0) is 11.3 Å². The van der Waals surface area contributed by atoms with Gasteiger partial charge in [-0.15, -0.1) is 24.0 Å². The Bertz CT molecular complexity index is 462. The number of hydrogen-bond donors (Lipinski definition) is 1. The van der Waals surface area contributed by atoms with Crippen molar-refractivity contribution in [1.29, 1.82) is 0 Å². The van der Waals surface area contributed by atoms with Crippen LogP contribution in [0.1, 0.15) is 26.7 Å². The highest BCUT2D eigenvalue weighted by atomic mass is 127. The molecule has 1 aliphatic rings. The molecule has 1 aliphatic carbocycles. The third-order valence-corrected chi connectivity index (χ3v) is 3.93. The van der Waals surface area contributed by atoms with Crippen LogP contribution in [0.3, 0.4) is 0 Å². The molecular formula is C17H32IN5O. The lowest BCUT2D eigenvalue weighted by Crippen LogP contribution is -2.41. The summed E-state index contributed by atoms with van der Waals surface area (Å²) in [6, 6.07) is 1.95. The van der Waals surface area contributed by atoms with Gasteiger partial charge in [0.1, 0.15) is 0 Å². The minimum absolute atomic E-state index is 0. The number of nitrogens with one attached hydrogen (secondary N) is 1. The minimum Gasteiger partial charge on any atom is -0.379 e. The molecular weight excluding hydrogens is 417 g/mol. The van der Waals surface area contributed by atoms with E-state index in [4.69, 9.17) is 9.73 Å². The van der Waals surface area contributed by atoms with Crippen LogP contribution >= 0.6 is 24.0 Å². The second kappa shape index (κ2) is 11.7. The molecule has 0 radical (unpaired) electrons. The summed E-state index contributed by atoms with van der Waals surface area (Å²) in [6.07, 6.45) is 6.49. The van der Waals surface area contributed by atoms with E-state index in [0.29, 0.717) is 5.92 Å². The first-order valence-electron chi connectivity index (χ1n) is 8.73. The van der Waals surface area contributed by atoms with Gasteiger partial charge in [0.2, 0.25) is 0 Å². The van der Waals surface area contributed by atoms with Gasteiger partial charge in [0.05, 0.1) is 6.61 Å². The largest absolute Gasteiger partial charge is 0.379 e. The van der Waals surface area contributed by atoms with Gasteiger partial charge in [-0.2, -0.15) is 5.10 Å². The van der Waals surface area contributed by atoms with Crippen molar-refractivity contribution in [2.45, 2.75) is 33.2 Å². The Morgan fingerprint density at radius 1 is 1.50 bits per heavy atom. The number of rotatable bonds is 10. The summed E-state index contributed by atoms with van der Waals surface area (Å²) in [5.41, 5.74) is 0. The predicted molar refractivity (Wildman–Crippen MR) is 109 cm³/mol. The van der Waals surface area contributed by atoms with E-state index in [9.17, 15) is 0 Å². The van der Waals surface area contributed by atoms with Crippen LogP contribution in [0.2, 0.25) is 0 Å². The number of likely N-dealkylation sites (N-methyl/N-ethyl adjacent to an activating group) is 1. The highest BCUT2D eigenvalue weighted by molar-refractivity contribution is 14.0. The molecule has 1 unspecified atom stereocenters. The summed E-state index contributed by atoms with van der Waals surface area (Å²) in [6.45, 7) is 9.40. The maximum Gasteiger partial charge on any atom is 0.193 e. The van der Waals surface area contributed by atoms with E-state index in [2.05, 4.69) is 36.2 Å². The van der Waals surface area contributed by atoms with Crippen molar-refractivity contribution in [2.24, 2.45) is 16.8 Å². The standard InChI is InChI=1S/C17H31N5O.HI/c1-4-18-17(21(3)10-11-23-14-16-6-7-16)19-12-15(2)13-22-9-5-8-20-22;/h5,8-9,15-16H,4,6-7,10-14H2,1-3H3,(H,18,19);1H. The first-order chi connectivity index (χ1) is 11.2. The number of ether oxygens (including phenoxy) is 1. The van der Waals surface area contributed by atoms with E-state index in [0.717, 1.165) is 51.3 Å². The number of hydrogen-bond acceptors (Lipinski definition) is 3. The van der Waals surface area contributed by atoms with Crippen molar-refractivity contribution >= 4 is 29.9 Å². The van der Waals surface area contributed by atoms with Crippen LogP contribution in [0.5, 0.6) is 0 Å². The molecule has 1 fully saturated rings. The quantitative estimate of drug-likeness (QED) is 0.258. The third-order valence-electron chi connectivity index (χ3n) is 3.93. The summed E-state index contributed by atoms with van der Waals surface area (Å²) >= 11 is 0. The van der Waals surface area contributed by atoms with Crippen LogP contribution in [0.4, 0.5) is 0 Å². The predicted octanol–water partition coefficient (Wildman–Crippen LogP) is 2.46. The third kappa shape index (κ3) is 8.32. The molecule has 0 aromatic carbocycles. The minimum atomic E-state index is 0. The van der Waals surface area contributed by atoms with Crippen molar-refractivity contribution in [3.63, 3.8) is 0 Å². The van der Waals surface area contributed by atoms with Crippen molar-refractivity contribution < 1.29 is 4.74 Å². The van der Waals surface area contributed by atoms with Crippen LogP contribution in [0, 0.1) is 11.8 Å². The maximum atomic E-state index is 5.72. The fourth-order valence-electron chi connectivity index (χ4n) is 2.34. The van der Waals surface area contributed by atoms with Gasteiger partial charge in [0, 0.05) is 52.2 Å². The van der Waals surface area contributed by atoms with Gasteiger partial charge in [-0.25, -0.2) is 0 Å². The van der Waals surface area contributed by atoms with E-state index in [1.807, 2.05) is 23.1 Å². The average Bonchev–Trinajstić information content (AvgIpc) is 3.23. The smallest absolute Gasteiger partial charge is 0.193 e. The lowest BCUT2D eigenvalue weighted by atomic mass is 10.2. The monoisotopic (exact) mass is 449 g/mol. The molecule has 1 aromatic heterocycles. The van der Waals surface area contributed by atoms with Gasteiger partial charge in [0.25, 0.3) is 0 Å². The molecule has 1 atom stereocenters. The Kier molecular flexibility index (Phi) is 10.3. The number of halogens is 1. The van der Waals surface area contributed by atoms with Crippen LogP contribution in [0.25, 0.3) is 0 Å². The van der Waals surface area contributed by atoms with Gasteiger partial charge in [-0.1, -0.05) is 6.92 Å². The molecule has 1 heterocycles. The number of aliphatic imine (C=N–C) groups is 1. The fourth-order valence-corrected chi connectivity index (χ4v) is 2.34. The van der Waals surface area contributed by atoms with Crippen LogP contribution in [0.15, 0.2) is 23.5 Å². The maximum absolute atomic E-state index is 5.72. The zero-order valence-corrected chi connectivity index (χ0v) is 17.5.